The van der Waals surface area contributed by atoms with Gasteiger partial charge in [-0.2, -0.15) is 0 Å². The SMILES string of the molecule is COC(=O)c1cccc(F)c1-c1cnc[nH]1. The molecule has 4 nitrogen and oxygen atoms in total. The third-order valence-electron chi connectivity index (χ3n) is 2.19. The lowest BCUT2D eigenvalue weighted by molar-refractivity contribution is 0.0601. The van der Waals surface area contributed by atoms with Crippen molar-refractivity contribution in [2.75, 3.05) is 7.11 Å². The second-order valence-electron chi connectivity index (χ2n) is 3.12. The van der Waals surface area contributed by atoms with Crippen LogP contribution < -0.4 is 0 Å². The van der Waals surface area contributed by atoms with E-state index in [4.69, 9.17) is 0 Å². The number of nitrogens with zero attached hydrogens (tertiary/aromatic N) is 1. The van der Waals surface area contributed by atoms with Gasteiger partial charge in [0.2, 0.25) is 0 Å². The monoisotopic (exact) mass is 220 g/mol. The summed E-state index contributed by atoms with van der Waals surface area (Å²) in [6, 6.07) is 4.25. The first kappa shape index (κ1) is 10.4. The van der Waals surface area contributed by atoms with Gasteiger partial charge >= 0.3 is 5.97 Å². The molecule has 1 aromatic carbocycles. The molecule has 0 saturated carbocycles. The fourth-order valence-corrected chi connectivity index (χ4v) is 1.47. The van der Waals surface area contributed by atoms with Crippen molar-refractivity contribution >= 4 is 5.97 Å². The number of hydrogen-bond donors (Lipinski definition) is 1. The number of imidazole rings is 1. The van der Waals surface area contributed by atoms with Crippen LogP contribution in [0.1, 0.15) is 10.4 Å². The van der Waals surface area contributed by atoms with Gasteiger partial charge in [-0.05, 0) is 12.1 Å². The zero-order chi connectivity index (χ0) is 11.5. The van der Waals surface area contributed by atoms with Gasteiger partial charge < -0.3 is 9.72 Å². The van der Waals surface area contributed by atoms with Crippen molar-refractivity contribution in [3.05, 3.63) is 42.1 Å². The standard InChI is InChI=1S/C11H9FN2O2/c1-16-11(15)7-3-2-4-8(12)10(7)9-5-13-6-14-9/h2-6H,1H3,(H,13,14). The Balaban J connectivity index is 2.62. The number of halogens is 1. The first-order chi connectivity index (χ1) is 7.74. The number of aromatic nitrogens is 2. The quantitative estimate of drug-likeness (QED) is 0.787. The Morgan fingerprint density at radius 1 is 1.50 bits per heavy atom. The summed E-state index contributed by atoms with van der Waals surface area (Å²) in [5.74, 6) is -1.07. The van der Waals surface area contributed by atoms with Crippen LogP contribution >= 0.6 is 0 Å². The van der Waals surface area contributed by atoms with Crippen molar-refractivity contribution in [2.45, 2.75) is 0 Å². The zero-order valence-corrected chi connectivity index (χ0v) is 8.53. The number of H-pyrrole nitrogens is 1. The van der Waals surface area contributed by atoms with E-state index >= 15 is 0 Å². The van der Waals surface area contributed by atoms with Crippen molar-refractivity contribution in [1.82, 2.24) is 9.97 Å². The molecule has 1 N–H and O–H groups in total. The Morgan fingerprint density at radius 3 is 2.94 bits per heavy atom. The number of hydrogen-bond acceptors (Lipinski definition) is 3. The van der Waals surface area contributed by atoms with Gasteiger partial charge in [0.1, 0.15) is 5.82 Å². The summed E-state index contributed by atoms with van der Waals surface area (Å²) in [4.78, 5) is 18.0. The molecule has 0 aliphatic heterocycles. The number of benzene rings is 1. The van der Waals surface area contributed by atoms with E-state index in [0.29, 0.717) is 5.69 Å². The molecule has 0 spiro atoms. The Bertz CT molecular complexity index is 509. The number of carbonyl (C=O) groups is 1. The van der Waals surface area contributed by atoms with Gasteiger partial charge in [-0.25, -0.2) is 14.2 Å². The summed E-state index contributed by atoms with van der Waals surface area (Å²) in [5, 5.41) is 0. The van der Waals surface area contributed by atoms with Gasteiger partial charge in [-0.1, -0.05) is 6.07 Å². The van der Waals surface area contributed by atoms with Gasteiger partial charge in [0.05, 0.1) is 30.9 Å². The van der Waals surface area contributed by atoms with Gasteiger partial charge in [-0.3, -0.25) is 0 Å². The van der Waals surface area contributed by atoms with Crippen LogP contribution in [0.25, 0.3) is 11.3 Å². The van der Waals surface area contributed by atoms with Crippen molar-refractivity contribution in [3.8, 4) is 11.3 Å². The average molecular weight is 220 g/mol. The molecule has 2 rings (SSSR count). The Morgan fingerprint density at radius 2 is 2.31 bits per heavy atom. The predicted octanol–water partition coefficient (Wildman–Crippen LogP) is 2.00. The maximum atomic E-state index is 13.7. The molecule has 0 saturated heterocycles. The number of methoxy groups -OCH3 is 1. The number of rotatable bonds is 2. The van der Waals surface area contributed by atoms with Crippen LogP contribution in [0.15, 0.2) is 30.7 Å². The number of nitrogens with one attached hydrogen (secondary N) is 1. The lowest BCUT2D eigenvalue weighted by Crippen LogP contribution is -2.05. The third-order valence-corrected chi connectivity index (χ3v) is 2.19. The van der Waals surface area contributed by atoms with E-state index in [1.807, 2.05) is 0 Å². The van der Waals surface area contributed by atoms with Gasteiger partial charge in [-0.15, -0.1) is 0 Å². The van der Waals surface area contributed by atoms with Gasteiger partial charge in [0.15, 0.2) is 0 Å². The van der Waals surface area contributed by atoms with Crippen LogP contribution in [0.2, 0.25) is 0 Å². The Hall–Kier alpha value is -2.17. The minimum atomic E-state index is -0.580. The molecule has 16 heavy (non-hydrogen) atoms. The van der Waals surface area contributed by atoms with E-state index in [9.17, 15) is 9.18 Å². The van der Waals surface area contributed by atoms with E-state index in [1.54, 1.807) is 0 Å². The molecule has 0 aliphatic rings. The van der Waals surface area contributed by atoms with Crippen LogP contribution in [-0.2, 0) is 4.74 Å². The topological polar surface area (TPSA) is 55.0 Å². The van der Waals surface area contributed by atoms with Crippen molar-refractivity contribution in [1.29, 1.82) is 0 Å². The molecule has 1 heterocycles. The molecular weight excluding hydrogens is 211 g/mol. The molecule has 0 amide bonds. The molecule has 2 aromatic rings. The van der Waals surface area contributed by atoms with Crippen LogP contribution in [0.5, 0.6) is 0 Å². The zero-order valence-electron chi connectivity index (χ0n) is 8.53. The molecule has 0 aliphatic carbocycles. The van der Waals surface area contributed by atoms with Crippen molar-refractivity contribution < 1.29 is 13.9 Å². The molecule has 0 bridgehead atoms. The highest BCUT2D eigenvalue weighted by molar-refractivity contribution is 5.96. The Kier molecular flexibility index (Phi) is 2.68. The predicted molar refractivity (Wildman–Crippen MR) is 55.3 cm³/mol. The second-order valence-corrected chi connectivity index (χ2v) is 3.12. The fraction of sp³-hybridized carbons (Fsp3) is 0.0909. The van der Waals surface area contributed by atoms with Gasteiger partial charge in [0, 0.05) is 5.56 Å². The normalized spacial score (nSPS) is 10.1. The average Bonchev–Trinajstić information content (AvgIpc) is 2.81. The molecule has 0 atom stereocenters. The molecule has 1 aromatic heterocycles. The van der Waals surface area contributed by atoms with E-state index in [0.717, 1.165) is 0 Å². The summed E-state index contributed by atoms with van der Waals surface area (Å²) >= 11 is 0. The fourth-order valence-electron chi connectivity index (χ4n) is 1.47. The summed E-state index contributed by atoms with van der Waals surface area (Å²) in [6.07, 6.45) is 2.87. The number of esters is 1. The van der Waals surface area contributed by atoms with Crippen LogP contribution in [-0.4, -0.2) is 23.0 Å². The summed E-state index contributed by atoms with van der Waals surface area (Å²) < 4.78 is 18.2. The maximum absolute atomic E-state index is 13.7. The second kappa shape index (κ2) is 4.14. The van der Waals surface area contributed by atoms with E-state index in [2.05, 4.69) is 14.7 Å². The van der Waals surface area contributed by atoms with Gasteiger partial charge in [0.25, 0.3) is 0 Å². The summed E-state index contributed by atoms with van der Waals surface area (Å²) in [6.45, 7) is 0. The van der Waals surface area contributed by atoms with Crippen LogP contribution in [0.3, 0.4) is 0 Å². The summed E-state index contributed by atoms with van der Waals surface area (Å²) in [5.41, 5.74) is 0.789. The lowest BCUT2D eigenvalue weighted by atomic mass is 10.0. The molecule has 5 heteroatoms. The van der Waals surface area contributed by atoms with Crippen molar-refractivity contribution in [2.24, 2.45) is 0 Å². The number of aromatic amines is 1. The highest BCUT2D eigenvalue weighted by atomic mass is 19.1. The molecule has 0 unspecified atom stereocenters. The smallest absolute Gasteiger partial charge is 0.338 e. The van der Waals surface area contributed by atoms with E-state index in [1.165, 1.54) is 37.8 Å². The molecule has 82 valence electrons. The minimum absolute atomic E-state index is 0.173. The van der Waals surface area contributed by atoms with Crippen LogP contribution in [0, 0.1) is 5.82 Å². The molecule has 0 radical (unpaired) electrons. The van der Waals surface area contributed by atoms with E-state index < -0.39 is 11.8 Å². The highest BCUT2D eigenvalue weighted by Gasteiger charge is 2.17. The third kappa shape index (κ3) is 1.67. The molecular formula is C11H9FN2O2. The van der Waals surface area contributed by atoms with Crippen molar-refractivity contribution in [3.63, 3.8) is 0 Å². The number of carbonyl (C=O) groups excluding carboxylic acids is 1. The maximum Gasteiger partial charge on any atom is 0.338 e. The lowest BCUT2D eigenvalue weighted by Gasteiger charge is -2.06. The molecule has 0 fully saturated rings. The largest absolute Gasteiger partial charge is 0.465 e. The van der Waals surface area contributed by atoms with Crippen LogP contribution in [0.4, 0.5) is 4.39 Å². The first-order valence-electron chi connectivity index (χ1n) is 4.59. The highest BCUT2D eigenvalue weighted by Crippen LogP contribution is 2.25. The summed E-state index contributed by atoms with van der Waals surface area (Å²) in [7, 11) is 1.25. The Labute approximate surface area is 91.1 Å². The minimum Gasteiger partial charge on any atom is -0.465 e. The number of ether oxygens (including phenoxy) is 1. The first-order valence-corrected chi connectivity index (χ1v) is 4.59. The van der Waals surface area contributed by atoms with E-state index in [-0.39, 0.29) is 11.1 Å².